The molecule has 4 nitrogen and oxygen atoms in total. The Bertz CT molecular complexity index is 444. The molecule has 1 fully saturated rings. The number of rotatable bonds is 5. The molecule has 1 aliphatic rings. The Morgan fingerprint density at radius 1 is 1.16 bits per heavy atom. The van der Waals surface area contributed by atoms with Crippen molar-refractivity contribution in [1.82, 2.24) is 5.32 Å². The monoisotopic (exact) mass is 261 g/mol. The fourth-order valence-electron chi connectivity index (χ4n) is 2.56. The highest BCUT2D eigenvalue weighted by molar-refractivity contribution is 5.80. The number of benzene rings is 1. The standard InChI is InChI=1S/C15H19NO3/c17-14(12-6-7-13(10-12)15(18)19)16-9-8-11-4-2-1-3-5-11/h1-5,12-13H,6-10H2,(H,16,17)(H,18,19)/t12-,13+/m0/s1. The second-order valence-electron chi connectivity index (χ2n) is 5.07. The quantitative estimate of drug-likeness (QED) is 0.850. The molecule has 0 heterocycles. The van der Waals surface area contributed by atoms with Crippen molar-refractivity contribution < 1.29 is 14.7 Å². The van der Waals surface area contributed by atoms with Gasteiger partial charge in [0.25, 0.3) is 0 Å². The lowest BCUT2D eigenvalue weighted by molar-refractivity contribution is -0.141. The Balaban J connectivity index is 1.72. The van der Waals surface area contributed by atoms with E-state index in [0.29, 0.717) is 25.8 Å². The van der Waals surface area contributed by atoms with Crippen molar-refractivity contribution in [3.05, 3.63) is 35.9 Å². The first kappa shape index (κ1) is 13.6. The number of hydrogen-bond donors (Lipinski definition) is 2. The maximum Gasteiger partial charge on any atom is 0.306 e. The van der Waals surface area contributed by atoms with Gasteiger partial charge in [-0.15, -0.1) is 0 Å². The van der Waals surface area contributed by atoms with E-state index in [1.54, 1.807) is 0 Å². The maximum atomic E-state index is 11.9. The van der Waals surface area contributed by atoms with Crippen LogP contribution in [0, 0.1) is 11.8 Å². The van der Waals surface area contributed by atoms with Gasteiger partial charge in [-0.1, -0.05) is 30.3 Å². The van der Waals surface area contributed by atoms with Gasteiger partial charge in [0.15, 0.2) is 0 Å². The summed E-state index contributed by atoms with van der Waals surface area (Å²) >= 11 is 0. The van der Waals surface area contributed by atoms with Crippen LogP contribution in [0.5, 0.6) is 0 Å². The number of aliphatic carboxylic acids is 1. The summed E-state index contributed by atoms with van der Waals surface area (Å²) in [6.07, 6.45) is 2.59. The molecule has 2 rings (SSSR count). The lowest BCUT2D eigenvalue weighted by atomic mass is 10.0. The normalized spacial score (nSPS) is 22.1. The van der Waals surface area contributed by atoms with Crippen molar-refractivity contribution in [2.45, 2.75) is 25.7 Å². The average Bonchev–Trinajstić information content (AvgIpc) is 2.89. The first-order valence-electron chi connectivity index (χ1n) is 6.71. The summed E-state index contributed by atoms with van der Waals surface area (Å²) in [4.78, 5) is 22.7. The van der Waals surface area contributed by atoms with E-state index in [2.05, 4.69) is 5.32 Å². The number of nitrogens with one attached hydrogen (secondary N) is 1. The highest BCUT2D eigenvalue weighted by Crippen LogP contribution is 2.30. The summed E-state index contributed by atoms with van der Waals surface area (Å²) in [5.41, 5.74) is 1.19. The Morgan fingerprint density at radius 3 is 2.47 bits per heavy atom. The van der Waals surface area contributed by atoms with E-state index in [1.165, 1.54) is 5.56 Å². The van der Waals surface area contributed by atoms with Crippen LogP contribution in [0.15, 0.2) is 30.3 Å². The third kappa shape index (κ3) is 3.81. The van der Waals surface area contributed by atoms with Gasteiger partial charge < -0.3 is 10.4 Å². The largest absolute Gasteiger partial charge is 0.481 e. The summed E-state index contributed by atoms with van der Waals surface area (Å²) < 4.78 is 0. The zero-order chi connectivity index (χ0) is 13.7. The minimum absolute atomic E-state index is 0.000295. The summed E-state index contributed by atoms with van der Waals surface area (Å²) in [6, 6.07) is 9.98. The zero-order valence-corrected chi connectivity index (χ0v) is 10.8. The van der Waals surface area contributed by atoms with Crippen LogP contribution in [0.3, 0.4) is 0 Å². The minimum atomic E-state index is -0.778. The van der Waals surface area contributed by atoms with Crippen molar-refractivity contribution >= 4 is 11.9 Å². The van der Waals surface area contributed by atoms with Crippen LogP contribution >= 0.6 is 0 Å². The summed E-state index contributed by atoms with van der Waals surface area (Å²) in [7, 11) is 0. The van der Waals surface area contributed by atoms with Crippen LogP contribution < -0.4 is 5.32 Å². The van der Waals surface area contributed by atoms with Gasteiger partial charge in [-0.2, -0.15) is 0 Å². The smallest absolute Gasteiger partial charge is 0.306 e. The molecule has 0 unspecified atom stereocenters. The molecule has 1 aromatic carbocycles. The molecule has 0 aliphatic heterocycles. The summed E-state index contributed by atoms with van der Waals surface area (Å²) in [6.45, 7) is 0.608. The van der Waals surface area contributed by atoms with Crippen LogP contribution in [0.4, 0.5) is 0 Å². The Hall–Kier alpha value is -1.84. The van der Waals surface area contributed by atoms with Gasteiger partial charge in [-0.3, -0.25) is 9.59 Å². The minimum Gasteiger partial charge on any atom is -0.481 e. The molecule has 2 atom stereocenters. The number of carboxylic acid groups (broad SMARTS) is 1. The predicted molar refractivity (Wildman–Crippen MR) is 71.6 cm³/mol. The van der Waals surface area contributed by atoms with Crippen LogP contribution in [0.2, 0.25) is 0 Å². The predicted octanol–water partition coefficient (Wildman–Crippen LogP) is 1.85. The topological polar surface area (TPSA) is 66.4 Å². The van der Waals surface area contributed by atoms with Crippen molar-refractivity contribution in [2.75, 3.05) is 6.54 Å². The molecule has 4 heteroatoms. The van der Waals surface area contributed by atoms with Crippen LogP contribution in [-0.4, -0.2) is 23.5 Å². The molecular weight excluding hydrogens is 242 g/mol. The van der Waals surface area contributed by atoms with E-state index >= 15 is 0 Å². The first-order chi connectivity index (χ1) is 9.16. The maximum absolute atomic E-state index is 11.9. The van der Waals surface area contributed by atoms with Gasteiger partial charge in [0.1, 0.15) is 0 Å². The van der Waals surface area contributed by atoms with E-state index in [9.17, 15) is 9.59 Å². The van der Waals surface area contributed by atoms with Gasteiger partial charge in [-0.25, -0.2) is 0 Å². The molecule has 1 aliphatic carbocycles. The third-order valence-corrected chi connectivity index (χ3v) is 3.71. The van der Waals surface area contributed by atoms with Crippen LogP contribution in [-0.2, 0) is 16.0 Å². The lowest BCUT2D eigenvalue weighted by Crippen LogP contribution is -2.31. The van der Waals surface area contributed by atoms with Crippen molar-refractivity contribution in [3.8, 4) is 0 Å². The van der Waals surface area contributed by atoms with Gasteiger partial charge in [0, 0.05) is 12.5 Å². The molecule has 1 aromatic rings. The molecule has 1 saturated carbocycles. The number of amides is 1. The van der Waals surface area contributed by atoms with Gasteiger partial charge >= 0.3 is 5.97 Å². The Labute approximate surface area is 112 Å². The van der Waals surface area contributed by atoms with E-state index < -0.39 is 5.97 Å². The van der Waals surface area contributed by atoms with Gasteiger partial charge in [0.2, 0.25) is 5.91 Å². The van der Waals surface area contributed by atoms with E-state index in [4.69, 9.17) is 5.11 Å². The lowest BCUT2D eigenvalue weighted by Gasteiger charge is -2.10. The van der Waals surface area contributed by atoms with Crippen LogP contribution in [0.25, 0.3) is 0 Å². The van der Waals surface area contributed by atoms with Crippen LogP contribution in [0.1, 0.15) is 24.8 Å². The highest BCUT2D eigenvalue weighted by Gasteiger charge is 2.33. The molecule has 2 N–H and O–H groups in total. The summed E-state index contributed by atoms with van der Waals surface area (Å²) in [5.74, 6) is -1.25. The summed E-state index contributed by atoms with van der Waals surface area (Å²) in [5, 5.41) is 11.8. The van der Waals surface area contributed by atoms with Crippen molar-refractivity contribution in [1.29, 1.82) is 0 Å². The number of carboxylic acids is 1. The zero-order valence-electron chi connectivity index (χ0n) is 10.8. The molecule has 102 valence electrons. The number of carbonyl (C=O) groups excluding carboxylic acids is 1. The fourth-order valence-corrected chi connectivity index (χ4v) is 2.56. The molecular formula is C15H19NO3. The van der Waals surface area contributed by atoms with Gasteiger partial charge in [-0.05, 0) is 31.2 Å². The number of carbonyl (C=O) groups is 2. The second-order valence-corrected chi connectivity index (χ2v) is 5.07. The molecule has 0 aromatic heterocycles. The molecule has 1 amide bonds. The number of hydrogen-bond acceptors (Lipinski definition) is 2. The molecule has 0 bridgehead atoms. The van der Waals surface area contributed by atoms with E-state index in [0.717, 1.165) is 6.42 Å². The first-order valence-corrected chi connectivity index (χ1v) is 6.71. The average molecular weight is 261 g/mol. The fraction of sp³-hybridized carbons (Fsp3) is 0.467. The van der Waals surface area contributed by atoms with E-state index in [1.807, 2.05) is 30.3 Å². The third-order valence-electron chi connectivity index (χ3n) is 3.71. The molecule has 0 radical (unpaired) electrons. The van der Waals surface area contributed by atoms with Gasteiger partial charge in [0.05, 0.1) is 5.92 Å². The molecule has 0 spiro atoms. The SMILES string of the molecule is O=C(O)[C@@H]1CC[C@H](C(=O)NCCc2ccccc2)C1. The Kier molecular flexibility index (Phi) is 4.55. The Morgan fingerprint density at radius 2 is 1.84 bits per heavy atom. The van der Waals surface area contributed by atoms with E-state index in [-0.39, 0.29) is 17.7 Å². The van der Waals surface area contributed by atoms with Crippen molar-refractivity contribution in [3.63, 3.8) is 0 Å². The second kappa shape index (κ2) is 6.36. The van der Waals surface area contributed by atoms with Crippen molar-refractivity contribution in [2.24, 2.45) is 11.8 Å². The molecule has 19 heavy (non-hydrogen) atoms. The molecule has 0 saturated heterocycles. The highest BCUT2D eigenvalue weighted by atomic mass is 16.4.